The van der Waals surface area contributed by atoms with Gasteiger partial charge in [0.05, 0.1) is 23.8 Å². The lowest BCUT2D eigenvalue weighted by molar-refractivity contribution is -0.245. The van der Waals surface area contributed by atoms with Crippen molar-refractivity contribution in [2.24, 2.45) is 0 Å². The van der Waals surface area contributed by atoms with Crippen molar-refractivity contribution >= 4 is 29.3 Å². The molecule has 2 heterocycles. The van der Waals surface area contributed by atoms with Crippen LogP contribution in [0.5, 0.6) is 0 Å². The van der Waals surface area contributed by atoms with Gasteiger partial charge in [-0.1, -0.05) is 42.5 Å². The van der Waals surface area contributed by atoms with E-state index in [0.717, 1.165) is 27.5 Å². The summed E-state index contributed by atoms with van der Waals surface area (Å²) in [6.45, 7) is -0.00929. The number of hydrogen-bond donors (Lipinski definition) is 4. The second kappa shape index (κ2) is 14.8. The van der Waals surface area contributed by atoms with Crippen molar-refractivity contribution in [1.29, 1.82) is 0 Å². The average Bonchev–Trinajstić information content (AvgIpc) is 2.99. The van der Waals surface area contributed by atoms with E-state index in [1.807, 2.05) is 66.7 Å². The average molecular weight is 552 g/mol. The quantitative estimate of drug-likeness (QED) is 0.108. The summed E-state index contributed by atoms with van der Waals surface area (Å²) >= 11 is 1.64. The maximum atomic E-state index is 12.3. The van der Waals surface area contributed by atoms with Gasteiger partial charge in [0.2, 0.25) is 11.8 Å². The van der Waals surface area contributed by atoms with Gasteiger partial charge in [0.15, 0.2) is 6.29 Å². The fourth-order valence-electron chi connectivity index (χ4n) is 4.21. The second-order valence-corrected chi connectivity index (χ2v) is 10.3. The smallest absolute Gasteiger partial charge is 0.243 e. The highest BCUT2D eigenvalue weighted by atomic mass is 32.2. The molecule has 1 fully saturated rings. The molecule has 2 aromatic carbocycles. The number of carbonyl (C=O) groups excluding carboxylic acids is 2. The lowest BCUT2D eigenvalue weighted by Gasteiger charge is -2.36. The molecule has 0 bridgehead atoms. The van der Waals surface area contributed by atoms with Crippen molar-refractivity contribution < 1.29 is 29.4 Å². The summed E-state index contributed by atoms with van der Waals surface area (Å²) in [5.74, 6) is 0.117. The summed E-state index contributed by atoms with van der Waals surface area (Å²) in [7, 11) is 0. The number of nitrogens with zero attached hydrogens (tertiary/aromatic N) is 1. The molecule has 2 amide bonds. The summed E-state index contributed by atoms with van der Waals surface area (Å²) < 4.78 is 12.7. The molecule has 4 N–H and O–H groups in total. The molecule has 0 spiro atoms. The second-order valence-electron chi connectivity index (χ2n) is 9.24. The molecule has 1 saturated heterocycles. The minimum absolute atomic E-state index is 0.00929. The van der Waals surface area contributed by atoms with Gasteiger partial charge < -0.3 is 19.9 Å². The number of anilines is 1. The Morgan fingerprint density at radius 2 is 1.64 bits per heavy atom. The van der Waals surface area contributed by atoms with E-state index in [1.165, 1.54) is 0 Å². The van der Waals surface area contributed by atoms with E-state index in [-0.39, 0.29) is 37.6 Å². The Morgan fingerprint density at radius 3 is 2.31 bits per heavy atom. The third-order valence-corrected chi connectivity index (χ3v) is 7.39. The number of aliphatic hydroxyl groups excluding tert-OH is 1. The van der Waals surface area contributed by atoms with Gasteiger partial charge in [-0.3, -0.25) is 14.8 Å². The molecule has 3 unspecified atom stereocenters. The first-order chi connectivity index (χ1) is 19.0. The highest BCUT2D eigenvalue weighted by Gasteiger charge is 2.32. The number of carbonyl (C=O) groups is 2. The third kappa shape index (κ3) is 8.87. The highest BCUT2D eigenvalue weighted by Crippen LogP contribution is 2.39. The molecule has 1 aliphatic rings. The van der Waals surface area contributed by atoms with Gasteiger partial charge in [-0.05, 0) is 48.2 Å². The van der Waals surface area contributed by atoms with Crippen molar-refractivity contribution in [3.05, 3.63) is 89.6 Å². The van der Waals surface area contributed by atoms with E-state index in [0.29, 0.717) is 24.9 Å². The van der Waals surface area contributed by atoms with E-state index >= 15 is 0 Å². The monoisotopic (exact) mass is 551 g/mol. The first kappa shape index (κ1) is 28.7. The topological polar surface area (TPSA) is 130 Å². The molecule has 0 saturated carbocycles. The van der Waals surface area contributed by atoms with E-state index in [2.05, 4.69) is 10.3 Å². The third-order valence-electron chi connectivity index (χ3n) is 6.32. The van der Waals surface area contributed by atoms with Crippen molar-refractivity contribution in [1.82, 2.24) is 10.5 Å². The van der Waals surface area contributed by atoms with Crippen LogP contribution in [0.2, 0.25) is 0 Å². The summed E-state index contributed by atoms with van der Waals surface area (Å²) in [5, 5.41) is 21.7. The summed E-state index contributed by atoms with van der Waals surface area (Å²) in [6.07, 6.45) is 3.12. The fraction of sp³-hybridized carbons (Fsp3) is 0.345. The Bertz CT molecular complexity index is 1190. The number of amides is 2. The number of aromatic nitrogens is 1. The van der Waals surface area contributed by atoms with Gasteiger partial charge in [-0.25, -0.2) is 10.5 Å². The van der Waals surface area contributed by atoms with E-state index in [9.17, 15) is 14.7 Å². The Hall–Kier alpha value is -3.28. The molecule has 0 radical (unpaired) electrons. The van der Waals surface area contributed by atoms with Crippen LogP contribution in [-0.4, -0.2) is 39.0 Å². The molecule has 206 valence electrons. The van der Waals surface area contributed by atoms with Gasteiger partial charge in [0, 0.05) is 42.5 Å². The molecule has 3 atom stereocenters. The molecule has 1 aliphatic heterocycles. The number of benzene rings is 2. The van der Waals surface area contributed by atoms with Crippen molar-refractivity contribution in [2.75, 3.05) is 11.1 Å². The number of unbranched alkanes of at least 4 members (excludes halogenated alkanes) is 1. The molecule has 4 rings (SSSR count). The molecular formula is C29H33N3O6S. The van der Waals surface area contributed by atoms with Crippen LogP contribution in [0.4, 0.5) is 5.69 Å². The van der Waals surface area contributed by atoms with Crippen molar-refractivity contribution in [3.63, 3.8) is 0 Å². The van der Waals surface area contributed by atoms with Gasteiger partial charge in [-0.15, -0.1) is 11.8 Å². The van der Waals surface area contributed by atoms with E-state index < -0.39 is 12.2 Å². The number of hydroxylamine groups is 1. The van der Waals surface area contributed by atoms with Gasteiger partial charge in [0.25, 0.3) is 0 Å². The molecule has 1 aromatic heterocycles. The van der Waals surface area contributed by atoms with Crippen LogP contribution in [0.25, 0.3) is 0 Å². The Kier molecular flexibility index (Phi) is 10.9. The molecule has 3 aromatic rings. The molecule has 9 nitrogen and oxygen atoms in total. The molecule has 10 heteroatoms. The number of nitrogens with one attached hydrogen (secondary N) is 2. The summed E-state index contributed by atoms with van der Waals surface area (Å²) in [6, 6.07) is 21.0. The standard InChI is InChI=1S/C29H33N3O6S/c33-18-20-8-10-21(11-9-20)25-17-24(19-39-28-7-3-4-16-30-28)37-29(38-25)22-12-14-23(15-13-22)31-26(34)5-1-2-6-27(35)32-36/h3-4,7-16,24-25,29,33,36H,1-2,5-6,17-19H2,(H,31,34)(H,32,35). The molecule has 0 aliphatic carbocycles. The van der Waals surface area contributed by atoms with Crippen LogP contribution < -0.4 is 10.8 Å². The van der Waals surface area contributed by atoms with Gasteiger partial charge >= 0.3 is 0 Å². The minimum Gasteiger partial charge on any atom is -0.392 e. The largest absolute Gasteiger partial charge is 0.392 e. The first-order valence-corrected chi connectivity index (χ1v) is 13.9. The normalized spacial score (nSPS) is 18.9. The zero-order valence-corrected chi connectivity index (χ0v) is 22.3. The van der Waals surface area contributed by atoms with Crippen LogP contribution in [0.1, 0.15) is 61.2 Å². The predicted octanol–water partition coefficient (Wildman–Crippen LogP) is 4.92. The lowest BCUT2D eigenvalue weighted by Crippen LogP contribution is -2.31. The maximum Gasteiger partial charge on any atom is 0.243 e. The zero-order chi connectivity index (χ0) is 27.5. The Morgan fingerprint density at radius 1 is 0.923 bits per heavy atom. The van der Waals surface area contributed by atoms with Crippen LogP contribution in [0.3, 0.4) is 0 Å². The van der Waals surface area contributed by atoms with Crippen LogP contribution >= 0.6 is 11.8 Å². The highest BCUT2D eigenvalue weighted by molar-refractivity contribution is 7.99. The number of hydrogen-bond acceptors (Lipinski definition) is 8. The predicted molar refractivity (Wildman–Crippen MR) is 147 cm³/mol. The SMILES string of the molecule is O=C(CCCCC(=O)Nc1ccc(C2OC(CSc3ccccn3)CC(c3ccc(CO)cc3)O2)cc1)NO. The number of pyridine rings is 1. The van der Waals surface area contributed by atoms with Crippen molar-refractivity contribution in [2.45, 2.75) is 62.2 Å². The maximum absolute atomic E-state index is 12.3. The molecule has 39 heavy (non-hydrogen) atoms. The number of thioether (sulfide) groups is 1. The minimum atomic E-state index is -0.585. The number of ether oxygens (including phenoxy) is 2. The number of aliphatic hydroxyl groups is 1. The van der Waals surface area contributed by atoms with Crippen LogP contribution in [0.15, 0.2) is 78.0 Å². The van der Waals surface area contributed by atoms with Crippen molar-refractivity contribution in [3.8, 4) is 0 Å². The Balaban J connectivity index is 1.39. The fourth-order valence-corrected chi connectivity index (χ4v) is 5.09. The molecular weight excluding hydrogens is 518 g/mol. The van der Waals surface area contributed by atoms with Gasteiger partial charge in [0.1, 0.15) is 0 Å². The number of rotatable bonds is 12. The Labute approximate surface area is 231 Å². The van der Waals surface area contributed by atoms with E-state index in [4.69, 9.17) is 14.7 Å². The van der Waals surface area contributed by atoms with Crippen LogP contribution in [-0.2, 0) is 25.7 Å². The lowest BCUT2D eigenvalue weighted by atomic mass is 10.0. The zero-order valence-electron chi connectivity index (χ0n) is 21.5. The summed E-state index contributed by atoms with van der Waals surface area (Å²) in [4.78, 5) is 27.7. The first-order valence-electron chi connectivity index (χ1n) is 12.9. The van der Waals surface area contributed by atoms with Gasteiger partial charge in [-0.2, -0.15) is 0 Å². The van der Waals surface area contributed by atoms with E-state index in [1.54, 1.807) is 23.4 Å². The summed E-state index contributed by atoms with van der Waals surface area (Å²) in [5.41, 5.74) is 4.95. The van der Waals surface area contributed by atoms with Crippen LogP contribution in [0, 0.1) is 0 Å².